The summed E-state index contributed by atoms with van der Waals surface area (Å²) in [4.78, 5) is 27.7. The predicted molar refractivity (Wildman–Crippen MR) is 95.0 cm³/mol. The van der Waals surface area contributed by atoms with E-state index in [1.54, 1.807) is 37.7 Å². The van der Waals surface area contributed by atoms with E-state index in [9.17, 15) is 9.59 Å². The van der Waals surface area contributed by atoms with E-state index in [4.69, 9.17) is 9.47 Å². The van der Waals surface area contributed by atoms with Crippen LogP contribution in [0.3, 0.4) is 0 Å². The lowest BCUT2D eigenvalue weighted by Crippen LogP contribution is -2.37. The quantitative estimate of drug-likeness (QED) is 0.460. The fourth-order valence-corrected chi connectivity index (χ4v) is 1.91. The van der Waals surface area contributed by atoms with Gasteiger partial charge in [0.05, 0.1) is 26.4 Å². The average molecular weight is 345 g/mol. The maximum Gasteiger partial charge on any atom is 0.219 e. The minimum atomic E-state index is 0.0509. The van der Waals surface area contributed by atoms with Gasteiger partial charge in [0.2, 0.25) is 11.8 Å². The summed E-state index contributed by atoms with van der Waals surface area (Å²) in [5, 5.41) is 0. The zero-order chi connectivity index (χ0) is 18.5. The number of rotatable bonds is 13. The first kappa shape index (κ1) is 22.8. The first-order valence-corrected chi connectivity index (χ1v) is 8.58. The monoisotopic (exact) mass is 345 g/mol. The van der Waals surface area contributed by atoms with Crippen molar-refractivity contribution in [3.05, 3.63) is 0 Å². The highest BCUT2D eigenvalue weighted by Gasteiger charge is 2.09. The molecule has 0 spiro atoms. The van der Waals surface area contributed by atoms with Gasteiger partial charge in [-0.05, 0) is 13.8 Å². The molecule has 0 aliphatic rings. The van der Waals surface area contributed by atoms with E-state index < -0.39 is 0 Å². The molecule has 0 aromatic heterocycles. The Morgan fingerprint density at radius 2 is 1.08 bits per heavy atom. The second-order valence-corrected chi connectivity index (χ2v) is 6.24. The van der Waals surface area contributed by atoms with Crippen molar-refractivity contribution in [2.75, 3.05) is 66.7 Å². The first-order valence-electron chi connectivity index (χ1n) is 8.58. The van der Waals surface area contributed by atoms with Gasteiger partial charge in [0.15, 0.2) is 0 Å². The Hall–Kier alpha value is -1.18. The van der Waals surface area contributed by atoms with Gasteiger partial charge in [-0.15, -0.1) is 0 Å². The molecule has 7 nitrogen and oxygen atoms in total. The third-order valence-electron chi connectivity index (χ3n) is 3.99. The van der Waals surface area contributed by atoms with Crippen molar-refractivity contribution in [1.82, 2.24) is 14.7 Å². The SMILES string of the molecule is CC(=O)N(C)CCOCCN(CCOCCN(C)C(C)=O)C(C)C. The highest BCUT2D eigenvalue weighted by atomic mass is 16.5. The van der Waals surface area contributed by atoms with Crippen molar-refractivity contribution in [1.29, 1.82) is 0 Å². The standard InChI is InChI=1S/C17H35N3O4/c1-15(2)20(9-13-23-11-7-18(5)16(3)21)10-14-24-12-8-19(6)17(4)22/h15H,7-14H2,1-6H3. The van der Waals surface area contributed by atoms with Crippen LogP contribution < -0.4 is 0 Å². The molecular formula is C17H35N3O4. The van der Waals surface area contributed by atoms with Crippen LogP contribution in [0, 0.1) is 0 Å². The molecule has 0 rings (SSSR count). The summed E-state index contributed by atoms with van der Waals surface area (Å²) in [6.07, 6.45) is 0. The lowest BCUT2D eigenvalue weighted by Gasteiger charge is -2.26. The van der Waals surface area contributed by atoms with E-state index in [0.717, 1.165) is 13.1 Å². The van der Waals surface area contributed by atoms with Crippen LogP contribution in [-0.4, -0.2) is 99.3 Å². The van der Waals surface area contributed by atoms with Crippen molar-refractivity contribution in [3.8, 4) is 0 Å². The summed E-state index contributed by atoms with van der Waals surface area (Å²) in [6, 6.07) is 0.414. The van der Waals surface area contributed by atoms with Crippen LogP contribution >= 0.6 is 0 Å². The topological polar surface area (TPSA) is 62.3 Å². The van der Waals surface area contributed by atoms with E-state index in [-0.39, 0.29) is 11.8 Å². The van der Waals surface area contributed by atoms with Gasteiger partial charge < -0.3 is 19.3 Å². The van der Waals surface area contributed by atoms with Crippen LogP contribution in [0.1, 0.15) is 27.7 Å². The predicted octanol–water partition coefficient (Wildman–Crippen LogP) is 0.687. The van der Waals surface area contributed by atoms with E-state index in [1.165, 1.54) is 0 Å². The fraction of sp³-hybridized carbons (Fsp3) is 0.882. The van der Waals surface area contributed by atoms with E-state index >= 15 is 0 Å². The molecule has 0 aromatic rings. The molecule has 24 heavy (non-hydrogen) atoms. The Labute approximate surface area is 146 Å². The molecule has 0 fully saturated rings. The van der Waals surface area contributed by atoms with E-state index in [0.29, 0.717) is 45.6 Å². The number of carbonyl (C=O) groups is 2. The Balaban J connectivity index is 3.78. The molecule has 0 heterocycles. The Morgan fingerprint density at radius 1 is 0.750 bits per heavy atom. The minimum absolute atomic E-state index is 0.0509. The molecule has 0 saturated carbocycles. The zero-order valence-electron chi connectivity index (χ0n) is 16.2. The summed E-state index contributed by atoms with van der Waals surface area (Å²) < 4.78 is 11.2. The number of nitrogens with zero attached hydrogens (tertiary/aromatic N) is 3. The highest BCUT2D eigenvalue weighted by Crippen LogP contribution is 1.98. The number of ether oxygens (including phenoxy) is 2. The van der Waals surface area contributed by atoms with Crippen LogP contribution in [0.25, 0.3) is 0 Å². The van der Waals surface area contributed by atoms with Gasteiger partial charge in [-0.3, -0.25) is 14.5 Å². The van der Waals surface area contributed by atoms with Crippen molar-refractivity contribution < 1.29 is 19.1 Å². The normalized spacial score (nSPS) is 11.2. The van der Waals surface area contributed by atoms with Gasteiger partial charge in [-0.25, -0.2) is 0 Å². The average Bonchev–Trinajstić information content (AvgIpc) is 2.51. The van der Waals surface area contributed by atoms with Crippen LogP contribution in [0.2, 0.25) is 0 Å². The lowest BCUT2D eigenvalue weighted by atomic mass is 10.3. The van der Waals surface area contributed by atoms with Gasteiger partial charge in [0.25, 0.3) is 0 Å². The number of hydrogen-bond acceptors (Lipinski definition) is 5. The molecule has 0 aromatic carbocycles. The number of likely N-dealkylation sites (N-methyl/N-ethyl adjacent to an activating group) is 2. The fourth-order valence-electron chi connectivity index (χ4n) is 1.91. The largest absolute Gasteiger partial charge is 0.378 e. The third-order valence-corrected chi connectivity index (χ3v) is 3.99. The van der Waals surface area contributed by atoms with Gasteiger partial charge >= 0.3 is 0 Å². The van der Waals surface area contributed by atoms with E-state index in [1.807, 2.05) is 0 Å². The van der Waals surface area contributed by atoms with Crippen LogP contribution in [0.4, 0.5) is 0 Å². The second-order valence-electron chi connectivity index (χ2n) is 6.24. The molecule has 0 aliphatic heterocycles. The van der Waals surface area contributed by atoms with Crippen molar-refractivity contribution >= 4 is 11.8 Å². The number of carbonyl (C=O) groups excluding carboxylic acids is 2. The second kappa shape index (κ2) is 13.1. The summed E-state index contributed by atoms with van der Waals surface area (Å²) in [7, 11) is 3.54. The Bertz CT molecular complexity index is 334. The molecule has 0 radical (unpaired) electrons. The minimum Gasteiger partial charge on any atom is -0.378 e. The van der Waals surface area contributed by atoms with Crippen molar-refractivity contribution in [3.63, 3.8) is 0 Å². The molecule has 0 bridgehead atoms. The van der Waals surface area contributed by atoms with Gasteiger partial charge in [-0.1, -0.05) is 0 Å². The summed E-state index contributed by atoms with van der Waals surface area (Å²) in [6.45, 7) is 12.7. The molecule has 0 saturated heterocycles. The van der Waals surface area contributed by atoms with Crippen molar-refractivity contribution in [2.24, 2.45) is 0 Å². The zero-order valence-corrected chi connectivity index (χ0v) is 16.2. The maximum absolute atomic E-state index is 11.1. The molecule has 0 N–H and O–H groups in total. The summed E-state index contributed by atoms with van der Waals surface area (Å²) in [5.41, 5.74) is 0. The molecule has 7 heteroatoms. The molecule has 0 aliphatic carbocycles. The molecule has 0 unspecified atom stereocenters. The van der Waals surface area contributed by atoms with Gasteiger partial charge in [-0.2, -0.15) is 0 Å². The van der Waals surface area contributed by atoms with Gasteiger partial charge in [0, 0.05) is 60.2 Å². The molecule has 0 atom stereocenters. The van der Waals surface area contributed by atoms with Crippen LogP contribution in [0.5, 0.6) is 0 Å². The molecule has 142 valence electrons. The lowest BCUT2D eigenvalue weighted by molar-refractivity contribution is -0.128. The first-order chi connectivity index (χ1) is 11.3. The summed E-state index contributed by atoms with van der Waals surface area (Å²) in [5.74, 6) is 0.102. The number of hydrogen-bond donors (Lipinski definition) is 0. The summed E-state index contributed by atoms with van der Waals surface area (Å²) >= 11 is 0. The molecular weight excluding hydrogens is 310 g/mol. The molecule has 2 amide bonds. The Kier molecular flexibility index (Phi) is 12.5. The van der Waals surface area contributed by atoms with Crippen LogP contribution in [0.15, 0.2) is 0 Å². The van der Waals surface area contributed by atoms with Crippen molar-refractivity contribution in [2.45, 2.75) is 33.7 Å². The van der Waals surface area contributed by atoms with E-state index in [2.05, 4.69) is 18.7 Å². The maximum atomic E-state index is 11.1. The third kappa shape index (κ3) is 11.4. The Morgan fingerprint density at radius 3 is 1.38 bits per heavy atom. The highest BCUT2D eigenvalue weighted by molar-refractivity contribution is 5.73. The smallest absolute Gasteiger partial charge is 0.219 e. The van der Waals surface area contributed by atoms with Gasteiger partial charge in [0.1, 0.15) is 0 Å². The van der Waals surface area contributed by atoms with Crippen LogP contribution in [-0.2, 0) is 19.1 Å². The number of amides is 2.